The molecular formula is C40H43N7O6S2. The maximum absolute atomic E-state index is 13.9. The normalized spacial score (nSPS) is 13.3. The van der Waals surface area contributed by atoms with Crippen molar-refractivity contribution in [3.8, 4) is 16.9 Å². The quantitative estimate of drug-likeness (QED) is 0.0475. The number of carbonyl (C=O) groups excluding carboxylic acids is 1. The number of carbonyl (C=O) groups is 1. The SMILES string of the molecule is CCOc1ccc(-c2ccc(CN3CCN(c4cc(NCCSc5ccccc5)c([N+](=O)[O-])cc4S(=O)(=O)NC(=O)c4cccnn4)CC3)c(CC)c2)cc1. The minimum Gasteiger partial charge on any atom is -0.494 e. The average Bonchev–Trinajstić information content (AvgIpc) is 3.20. The number of aromatic nitrogens is 2. The lowest BCUT2D eigenvalue weighted by Crippen LogP contribution is -2.46. The van der Waals surface area contributed by atoms with E-state index in [1.165, 1.54) is 35.5 Å². The number of hydrogen-bond donors (Lipinski definition) is 2. The molecule has 0 bridgehead atoms. The van der Waals surface area contributed by atoms with Crippen LogP contribution in [0.25, 0.3) is 11.1 Å². The van der Waals surface area contributed by atoms with Crippen LogP contribution >= 0.6 is 11.8 Å². The summed E-state index contributed by atoms with van der Waals surface area (Å²) >= 11 is 1.60. The second kappa shape index (κ2) is 18.2. The number of benzene rings is 4. The fourth-order valence-electron chi connectivity index (χ4n) is 6.42. The van der Waals surface area contributed by atoms with Crippen LogP contribution in [-0.2, 0) is 23.0 Å². The first kappa shape index (κ1) is 39.2. The molecule has 1 amide bonds. The van der Waals surface area contributed by atoms with Gasteiger partial charge >= 0.3 is 0 Å². The van der Waals surface area contributed by atoms with E-state index in [1.807, 2.05) is 59.0 Å². The molecule has 0 radical (unpaired) electrons. The molecule has 0 atom stereocenters. The summed E-state index contributed by atoms with van der Waals surface area (Å²) in [5.74, 6) is 0.463. The number of rotatable bonds is 16. The van der Waals surface area contributed by atoms with Gasteiger partial charge in [0, 0.05) is 62.2 Å². The third kappa shape index (κ3) is 9.98. The van der Waals surface area contributed by atoms with Gasteiger partial charge in [0.25, 0.3) is 21.6 Å². The van der Waals surface area contributed by atoms with Crippen LogP contribution in [0.4, 0.5) is 17.1 Å². The molecule has 2 heterocycles. The van der Waals surface area contributed by atoms with Gasteiger partial charge in [-0.3, -0.25) is 19.8 Å². The van der Waals surface area contributed by atoms with Gasteiger partial charge in [0.1, 0.15) is 16.3 Å². The van der Waals surface area contributed by atoms with E-state index in [-0.39, 0.29) is 22.0 Å². The maximum Gasteiger partial charge on any atom is 0.293 e. The highest BCUT2D eigenvalue weighted by Gasteiger charge is 2.31. The van der Waals surface area contributed by atoms with Gasteiger partial charge in [0.2, 0.25) is 0 Å². The Balaban J connectivity index is 1.22. The van der Waals surface area contributed by atoms with E-state index in [9.17, 15) is 23.3 Å². The molecule has 2 N–H and O–H groups in total. The molecule has 1 fully saturated rings. The van der Waals surface area contributed by atoms with E-state index in [0.29, 0.717) is 51.6 Å². The van der Waals surface area contributed by atoms with E-state index in [2.05, 4.69) is 57.7 Å². The van der Waals surface area contributed by atoms with Gasteiger partial charge in [-0.1, -0.05) is 55.5 Å². The van der Waals surface area contributed by atoms with Crippen molar-refractivity contribution in [1.29, 1.82) is 0 Å². The van der Waals surface area contributed by atoms with Crippen molar-refractivity contribution in [3.05, 3.63) is 130 Å². The van der Waals surface area contributed by atoms with E-state index in [4.69, 9.17) is 4.74 Å². The third-order valence-corrected chi connectivity index (χ3v) is 11.6. The summed E-state index contributed by atoms with van der Waals surface area (Å²) in [6, 6.07) is 29.8. The summed E-state index contributed by atoms with van der Waals surface area (Å²) in [6.07, 6.45) is 2.22. The highest BCUT2D eigenvalue weighted by molar-refractivity contribution is 7.99. The number of amides is 1. The van der Waals surface area contributed by atoms with Gasteiger partial charge in [-0.15, -0.1) is 16.9 Å². The molecule has 0 spiro atoms. The Morgan fingerprint density at radius 3 is 2.33 bits per heavy atom. The zero-order valence-corrected chi connectivity index (χ0v) is 32.3. The molecule has 13 nitrogen and oxygen atoms in total. The number of ether oxygens (including phenoxy) is 1. The van der Waals surface area contributed by atoms with Crippen molar-refractivity contribution in [3.63, 3.8) is 0 Å². The van der Waals surface area contributed by atoms with Crippen LogP contribution in [0.3, 0.4) is 0 Å². The minimum atomic E-state index is -4.59. The second-order valence-electron chi connectivity index (χ2n) is 12.8. The molecule has 4 aromatic carbocycles. The summed E-state index contributed by atoms with van der Waals surface area (Å²) < 4.78 is 35.4. The Morgan fingerprint density at radius 1 is 0.909 bits per heavy atom. The van der Waals surface area contributed by atoms with Crippen molar-refractivity contribution >= 4 is 44.8 Å². The van der Waals surface area contributed by atoms with Crippen molar-refractivity contribution < 1.29 is 22.9 Å². The van der Waals surface area contributed by atoms with Crippen LogP contribution in [0.2, 0.25) is 0 Å². The summed E-state index contributed by atoms with van der Waals surface area (Å²) in [7, 11) is -4.59. The minimum absolute atomic E-state index is 0.190. The number of sulfonamides is 1. The Kier molecular flexibility index (Phi) is 13.0. The number of nitrogens with zero attached hydrogens (tertiary/aromatic N) is 5. The number of nitro benzene ring substituents is 1. The predicted octanol–water partition coefficient (Wildman–Crippen LogP) is 6.66. The largest absolute Gasteiger partial charge is 0.494 e. The highest BCUT2D eigenvalue weighted by atomic mass is 32.2. The smallest absolute Gasteiger partial charge is 0.293 e. The molecular weight excluding hydrogens is 739 g/mol. The van der Waals surface area contributed by atoms with E-state index < -0.39 is 26.5 Å². The third-order valence-electron chi connectivity index (χ3n) is 9.22. The van der Waals surface area contributed by atoms with Gasteiger partial charge in [-0.25, -0.2) is 13.1 Å². The molecule has 0 aliphatic carbocycles. The molecule has 286 valence electrons. The van der Waals surface area contributed by atoms with Crippen LogP contribution in [0.1, 0.15) is 35.5 Å². The van der Waals surface area contributed by atoms with Gasteiger partial charge in [0.15, 0.2) is 5.69 Å². The molecule has 15 heteroatoms. The van der Waals surface area contributed by atoms with Crippen LogP contribution in [0.5, 0.6) is 5.75 Å². The van der Waals surface area contributed by atoms with Crippen molar-refractivity contribution in [2.75, 3.05) is 55.3 Å². The lowest BCUT2D eigenvalue weighted by molar-refractivity contribution is -0.384. The highest BCUT2D eigenvalue weighted by Crippen LogP contribution is 2.37. The zero-order valence-electron chi connectivity index (χ0n) is 30.7. The first-order valence-electron chi connectivity index (χ1n) is 18.1. The standard InChI is InChI=1S/C40H43N7O6S2/c1-3-29-25-31(30-14-16-33(17-15-30)53-4-2)12-13-32(29)28-45-20-22-46(23-21-45)38-26-36(41-19-24-54-34-9-6-5-7-10-34)37(47(49)50)27-39(38)55(51,52)44-40(48)35-11-8-18-42-43-35/h5-18,25-27,41H,3-4,19-24,28H2,1-2H3,(H,44,48). The number of aryl methyl sites for hydroxylation is 1. The molecule has 1 aliphatic heterocycles. The average molecular weight is 782 g/mol. The van der Waals surface area contributed by atoms with Gasteiger partial charge in [-0.05, 0) is 78.1 Å². The molecule has 6 rings (SSSR count). The van der Waals surface area contributed by atoms with E-state index in [0.717, 1.165) is 34.3 Å². The maximum atomic E-state index is 13.9. The van der Waals surface area contributed by atoms with Crippen LogP contribution in [0, 0.1) is 10.1 Å². The van der Waals surface area contributed by atoms with Crippen LogP contribution < -0.4 is 19.7 Å². The molecule has 55 heavy (non-hydrogen) atoms. The Morgan fingerprint density at radius 2 is 1.65 bits per heavy atom. The number of nitro groups is 1. The summed E-state index contributed by atoms with van der Waals surface area (Å²) in [5.41, 5.74) is 4.54. The molecule has 1 aromatic heterocycles. The number of thioether (sulfide) groups is 1. The molecule has 0 unspecified atom stereocenters. The summed E-state index contributed by atoms with van der Waals surface area (Å²) in [4.78, 5) is 29.6. The fraction of sp³-hybridized carbons (Fsp3) is 0.275. The molecule has 0 saturated carbocycles. The lowest BCUT2D eigenvalue weighted by atomic mass is 9.97. The predicted molar refractivity (Wildman–Crippen MR) is 215 cm³/mol. The van der Waals surface area contributed by atoms with Crippen LogP contribution in [-0.4, -0.2) is 79.4 Å². The monoisotopic (exact) mass is 781 g/mol. The number of piperazine rings is 1. The Bertz CT molecular complexity index is 2200. The van der Waals surface area contributed by atoms with Gasteiger partial charge < -0.3 is 15.0 Å². The Labute approximate surface area is 325 Å². The fourth-order valence-corrected chi connectivity index (χ4v) is 8.40. The Hall–Kier alpha value is -5.51. The van der Waals surface area contributed by atoms with Gasteiger partial charge in [-0.2, -0.15) is 5.10 Å². The summed E-state index contributed by atoms with van der Waals surface area (Å²) in [6.45, 7) is 7.96. The zero-order chi connectivity index (χ0) is 38.8. The topological polar surface area (TPSA) is 160 Å². The van der Waals surface area contributed by atoms with Crippen LogP contribution in [0.15, 0.2) is 113 Å². The first-order valence-corrected chi connectivity index (χ1v) is 20.5. The van der Waals surface area contributed by atoms with Gasteiger partial charge in [0.05, 0.1) is 17.2 Å². The van der Waals surface area contributed by atoms with E-state index >= 15 is 0 Å². The van der Waals surface area contributed by atoms with Crippen molar-refractivity contribution in [2.45, 2.75) is 36.6 Å². The number of nitrogens with one attached hydrogen (secondary N) is 2. The lowest BCUT2D eigenvalue weighted by Gasteiger charge is -2.37. The molecule has 1 aliphatic rings. The second-order valence-corrected chi connectivity index (χ2v) is 15.6. The van der Waals surface area contributed by atoms with Crippen molar-refractivity contribution in [1.82, 2.24) is 19.8 Å². The molecule has 1 saturated heterocycles. The number of anilines is 2. The van der Waals surface area contributed by atoms with E-state index in [1.54, 1.807) is 11.8 Å². The molecule has 5 aromatic rings. The summed E-state index contributed by atoms with van der Waals surface area (Å²) in [5, 5.41) is 22.9. The van der Waals surface area contributed by atoms with Crippen molar-refractivity contribution in [2.24, 2.45) is 0 Å². The number of hydrogen-bond acceptors (Lipinski definition) is 12. The first-order chi connectivity index (χ1) is 26.6.